The van der Waals surface area contributed by atoms with Crippen LogP contribution in [0.4, 0.5) is 5.69 Å². The van der Waals surface area contributed by atoms with Crippen LogP contribution in [0.25, 0.3) is 11.1 Å². The number of aromatic nitrogens is 1. The molecule has 96 valence electrons. The van der Waals surface area contributed by atoms with Crippen molar-refractivity contribution in [1.29, 1.82) is 0 Å². The molecule has 0 spiro atoms. The van der Waals surface area contributed by atoms with Gasteiger partial charge in [-0.1, -0.05) is 34.1 Å². The van der Waals surface area contributed by atoms with Gasteiger partial charge in [0.05, 0.1) is 12.1 Å². The molecule has 0 unspecified atom stereocenters. The van der Waals surface area contributed by atoms with Crippen molar-refractivity contribution in [3.8, 4) is 0 Å². The molecule has 3 aromatic rings. The first-order valence-corrected chi connectivity index (χ1v) is 6.57. The molecule has 0 saturated carbocycles. The number of anilines is 1. The maximum Gasteiger partial charge on any atom is 0.420 e. The fraction of sp³-hybridized carbons (Fsp3) is 0.0714. The first kappa shape index (κ1) is 12.0. The number of nitrogen functional groups attached to an aromatic ring is 1. The van der Waals surface area contributed by atoms with Gasteiger partial charge in [0.15, 0.2) is 5.58 Å². The second kappa shape index (κ2) is 4.59. The summed E-state index contributed by atoms with van der Waals surface area (Å²) >= 11 is 3.47. The number of nitrogens with zero attached hydrogens (tertiary/aromatic N) is 1. The van der Waals surface area contributed by atoms with Crippen molar-refractivity contribution in [2.45, 2.75) is 6.54 Å². The Kier molecular flexibility index (Phi) is 2.91. The minimum atomic E-state index is -0.378. The molecule has 0 aliphatic carbocycles. The lowest BCUT2D eigenvalue weighted by Gasteiger charge is -2.05. The standard InChI is InChI=1S/C14H11BrN2O2/c15-11-4-2-1-3-9(11)8-17-12-7-10(16)5-6-13(12)19-14(17)18/h1-7H,8,16H2. The first-order chi connectivity index (χ1) is 9.15. The third kappa shape index (κ3) is 2.17. The largest absolute Gasteiger partial charge is 0.420 e. The molecule has 1 aromatic heterocycles. The van der Waals surface area contributed by atoms with E-state index in [-0.39, 0.29) is 5.76 Å². The van der Waals surface area contributed by atoms with Gasteiger partial charge in [-0.2, -0.15) is 0 Å². The summed E-state index contributed by atoms with van der Waals surface area (Å²) in [6.45, 7) is 0.441. The van der Waals surface area contributed by atoms with Gasteiger partial charge in [0.2, 0.25) is 0 Å². The summed E-state index contributed by atoms with van der Waals surface area (Å²) in [6, 6.07) is 12.9. The van der Waals surface area contributed by atoms with Crippen LogP contribution in [0.15, 0.2) is 56.1 Å². The monoisotopic (exact) mass is 318 g/mol. The van der Waals surface area contributed by atoms with Crippen LogP contribution in [-0.2, 0) is 6.54 Å². The van der Waals surface area contributed by atoms with Crippen LogP contribution in [0, 0.1) is 0 Å². The number of hydrogen-bond acceptors (Lipinski definition) is 3. The quantitative estimate of drug-likeness (QED) is 0.739. The SMILES string of the molecule is Nc1ccc2oc(=O)n(Cc3ccccc3Br)c2c1. The average Bonchev–Trinajstić information content (AvgIpc) is 2.69. The van der Waals surface area contributed by atoms with Crippen LogP contribution in [0.2, 0.25) is 0 Å². The van der Waals surface area contributed by atoms with Gasteiger partial charge in [-0.25, -0.2) is 4.79 Å². The number of rotatable bonds is 2. The van der Waals surface area contributed by atoms with Crippen LogP contribution >= 0.6 is 15.9 Å². The van der Waals surface area contributed by atoms with Gasteiger partial charge < -0.3 is 10.2 Å². The molecule has 0 bridgehead atoms. The van der Waals surface area contributed by atoms with Gasteiger partial charge in [-0.3, -0.25) is 4.57 Å². The van der Waals surface area contributed by atoms with Crippen LogP contribution in [-0.4, -0.2) is 4.57 Å². The van der Waals surface area contributed by atoms with Crippen molar-refractivity contribution in [1.82, 2.24) is 4.57 Å². The van der Waals surface area contributed by atoms with Crippen LogP contribution < -0.4 is 11.5 Å². The topological polar surface area (TPSA) is 61.2 Å². The molecule has 0 amide bonds. The normalized spacial score (nSPS) is 11.0. The minimum absolute atomic E-state index is 0.378. The van der Waals surface area contributed by atoms with Crippen molar-refractivity contribution in [3.63, 3.8) is 0 Å². The van der Waals surface area contributed by atoms with E-state index in [1.807, 2.05) is 24.3 Å². The zero-order valence-electron chi connectivity index (χ0n) is 9.97. The van der Waals surface area contributed by atoms with E-state index >= 15 is 0 Å². The van der Waals surface area contributed by atoms with Crippen molar-refractivity contribution < 1.29 is 4.42 Å². The molecular formula is C14H11BrN2O2. The lowest BCUT2D eigenvalue weighted by molar-refractivity contribution is 0.517. The molecule has 2 N–H and O–H groups in total. The number of fused-ring (bicyclic) bond motifs is 1. The highest BCUT2D eigenvalue weighted by atomic mass is 79.9. The Hall–Kier alpha value is -2.01. The third-order valence-electron chi connectivity index (χ3n) is 2.98. The van der Waals surface area contributed by atoms with Crippen LogP contribution in [0.3, 0.4) is 0 Å². The number of nitrogens with two attached hydrogens (primary N) is 1. The van der Waals surface area contributed by atoms with Gasteiger partial charge in [0.25, 0.3) is 0 Å². The van der Waals surface area contributed by atoms with Crippen molar-refractivity contribution in [3.05, 3.63) is 63.1 Å². The second-order valence-electron chi connectivity index (χ2n) is 4.27. The number of hydrogen-bond donors (Lipinski definition) is 1. The fourth-order valence-corrected chi connectivity index (χ4v) is 2.44. The molecule has 2 aromatic carbocycles. The molecule has 4 nitrogen and oxygen atoms in total. The van der Waals surface area contributed by atoms with Gasteiger partial charge >= 0.3 is 5.76 Å². The highest BCUT2D eigenvalue weighted by Crippen LogP contribution is 2.20. The van der Waals surface area contributed by atoms with Crippen molar-refractivity contribution in [2.75, 3.05) is 5.73 Å². The Labute approximate surface area is 117 Å². The zero-order chi connectivity index (χ0) is 13.4. The lowest BCUT2D eigenvalue weighted by Crippen LogP contribution is -2.15. The van der Waals surface area contributed by atoms with Gasteiger partial charge in [-0.05, 0) is 29.8 Å². The maximum absolute atomic E-state index is 11.9. The smallest absolute Gasteiger partial charge is 0.408 e. The average molecular weight is 319 g/mol. The Morgan fingerprint density at radius 1 is 1.21 bits per heavy atom. The molecule has 1 heterocycles. The van der Waals surface area contributed by atoms with Gasteiger partial charge in [0.1, 0.15) is 0 Å². The maximum atomic E-state index is 11.9. The van der Waals surface area contributed by atoms with E-state index in [1.54, 1.807) is 22.8 Å². The first-order valence-electron chi connectivity index (χ1n) is 5.77. The Morgan fingerprint density at radius 3 is 2.79 bits per heavy atom. The van der Waals surface area contributed by atoms with Crippen molar-refractivity contribution in [2.24, 2.45) is 0 Å². The van der Waals surface area contributed by atoms with E-state index in [1.165, 1.54) is 0 Å². The van der Waals surface area contributed by atoms with Crippen molar-refractivity contribution >= 4 is 32.7 Å². The zero-order valence-corrected chi connectivity index (χ0v) is 11.6. The van der Waals surface area contributed by atoms with E-state index in [4.69, 9.17) is 10.2 Å². The lowest BCUT2D eigenvalue weighted by atomic mass is 10.2. The molecule has 0 atom stereocenters. The van der Waals surface area contributed by atoms with E-state index in [9.17, 15) is 4.79 Å². The summed E-state index contributed by atoms with van der Waals surface area (Å²) in [5.74, 6) is -0.378. The summed E-state index contributed by atoms with van der Waals surface area (Å²) in [6.07, 6.45) is 0. The molecule has 0 fully saturated rings. The Morgan fingerprint density at radius 2 is 2.00 bits per heavy atom. The summed E-state index contributed by atoms with van der Waals surface area (Å²) in [4.78, 5) is 11.9. The van der Waals surface area contributed by atoms with Gasteiger partial charge in [-0.15, -0.1) is 0 Å². The highest BCUT2D eigenvalue weighted by Gasteiger charge is 2.11. The number of oxazole rings is 1. The van der Waals surface area contributed by atoms with E-state index in [2.05, 4.69) is 15.9 Å². The van der Waals surface area contributed by atoms with E-state index < -0.39 is 0 Å². The summed E-state index contributed by atoms with van der Waals surface area (Å²) in [5.41, 5.74) is 8.63. The van der Waals surface area contributed by atoms with Crippen LogP contribution in [0.5, 0.6) is 0 Å². The molecule has 19 heavy (non-hydrogen) atoms. The molecule has 0 aliphatic rings. The Balaban J connectivity index is 2.15. The molecular weight excluding hydrogens is 308 g/mol. The predicted octanol–water partition coefficient (Wildman–Crippen LogP) is 2.99. The second-order valence-corrected chi connectivity index (χ2v) is 5.13. The molecule has 0 aliphatic heterocycles. The highest BCUT2D eigenvalue weighted by molar-refractivity contribution is 9.10. The minimum Gasteiger partial charge on any atom is -0.408 e. The predicted molar refractivity (Wildman–Crippen MR) is 78.1 cm³/mol. The van der Waals surface area contributed by atoms with Crippen LogP contribution in [0.1, 0.15) is 5.56 Å². The summed E-state index contributed by atoms with van der Waals surface area (Å²) in [5, 5.41) is 0. The van der Waals surface area contributed by atoms with Gasteiger partial charge in [0, 0.05) is 10.2 Å². The number of halogens is 1. The van der Waals surface area contributed by atoms with E-state index in [0.29, 0.717) is 23.3 Å². The Bertz CT molecular complexity index is 805. The fourth-order valence-electron chi connectivity index (χ4n) is 2.03. The number of benzene rings is 2. The summed E-state index contributed by atoms with van der Waals surface area (Å²) < 4.78 is 7.74. The summed E-state index contributed by atoms with van der Waals surface area (Å²) in [7, 11) is 0. The third-order valence-corrected chi connectivity index (χ3v) is 3.75. The molecule has 5 heteroatoms. The molecule has 0 radical (unpaired) electrons. The van der Waals surface area contributed by atoms with E-state index in [0.717, 1.165) is 10.0 Å². The molecule has 0 saturated heterocycles. The molecule has 3 rings (SSSR count).